The predicted molar refractivity (Wildman–Crippen MR) is 82.7 cm³/mol. The van der Waals surface area contributed by atoms with Gasteiger partial charge in [0.2, 0.25) is 0 Å². The predicted octanol–water partition coefficient (Wildman–Crippen LogP) is 4.28. The molecule has 0 amide bonds. The average Bonchev–Trinajstić information content (AvgIpc) is 2.42. The van der Waals surface area contributed by atoms with Gasteiger partial charge in [-0.15, -0.1) is 0 Å². The summed E-state index contributed by atoms with van der Waals surface area (Å²) in [5, 5.41) is 3.54. The highest BCUT2D eigenvalue weighted by Gasteiger charge is 2.05. The molecule has 1 aromatic rings. The first kappa shape index (κ1) is 16.2. The second kappa shape index (κ2) is 9.11. The number of rotatable bonds is 9. The number of ether oxygens (including phenoxy) is 1. The van der Waals surface area contributed by atoms with Crippen LogP contribution in [-0.2, 0) is 4.74 Å². The molecule has 0 aliphatic heterocycles. The van der Waals surface area contributed by atoms with Crippen LogP contribution in [0, 0.1) is 0 Å². The smallest absolute Gasteiger partial charge is 0.0478 e. The van der Waals surface area contributed by atoms with Crippen LogP contribution >= 0.6 is 0 Å². The van der Waals surface area contributed by atoms with E-state index in [2.05, 4.69) is 57.3 Å². The molecule has 0 aliphatic rings. The van der Waals surface area contributed by atoms with Crippen molar-refractivity contribution in [1.82, 2.24) is 5.32 Å². The van der Waals surface area contributed by atoms with Gasteiger partial charge in [-0.2, -0.15) is 0 Å². The maximum absolute atomic E-state index is 5.47. The molecule has 1 N–H and O–H groups in total. The van der Waals surface area contributed by atoms with Crippen molar-refractivity contribution in [2.75, 3.05) is 19.8 Å². The lowest BCUT2D eigenvalue weighted by molar-refractivity contribution is 0.132. The third-order valence-corrected chi connectivity index (χ3v) is 3.37. The van der Waals surface area contributed by atoms with E-state index in [0.29, 0.717) is 12.0 Å². The van der Waals surface area contributed by atoms with Crippen LogP contribution < -0.4 is 5.32 Å². The molecule has 0 heterocycles. The molecule has 2 nitrogen and oxygen atoms in total. The molecule has 1 unspecified atom stereocenters. The molecular weight excluding hydrogens is 234 g/mol. The Morgan fingerprint density at radius 2 is 1.63 bits per heavy atom. The summed E-state index contributed by atoms with van der Waals surface area (Å²) in [6.07, 6.45) is 2.18. The van der Waals surface area contributed by atoms with Gasteiger partial charge in [0, 0.05) is 19.3 Å². The van der Waals surface area contributed by atoms with Gasteiger partial charge in [-0.1, -0.05) is 45.0 Å². The molecule has 19 heavy (non-hydrogen) atoms. The van der Waals surface area contributed by atoms with E-state index in [9.17, 15) is 0 Å². The summed E-state index contributed by atoms with van der Waals surface area (Å²) in [7, 11) is 0. The summed E-state index contributed by atoms with van der Waals surface area (Å²) in [5.74, 6) is 0.605. The molecule has 0 bridgehead atoms. The zero-order valence-corrected chi connectivity index (χ0v) is 12.9. The van der Waals surface area contributed by atoms with E-state index in [0.717, 1.165) is 32.6 Å². The first-order valence-electron chi connectivity index (χ1n) is 7.56. The third-order valence-electron chi connectivity index (χ3n) is 3.37. The quantitative estimate of drug-likeness (QED) is 0.672. The van der Waals surface area contributed by atoms with E-state index in [4.69, 9.17) is 4.74 Å². The third kappa shape index (κ3) is 6.22. The van der Waals surface area contributed by atoms with Crippen molar-refractivity contribution in [3.63, 3.8) is 0 Å². The first-order chi connectivity index (χ1) is 9.15. The van der Waals surface area contributed by atoms with Crippen molar-refractivity contribution >= 4 is 0 Å². The van der Waals surface area contributed by atoms with Crippen molar-refractivity contribution in [2.24, 2.45) is 0 Å². The van der Waals surface area contributed by atoms with Crippen molar-refractivity contribution in [2.45, 2.75) is 52.5 Å². The van der Waals surface area contributed by atoms with Gasteiger partial charge >= 0.3 is 0 Å². The Labute approximate surface area is 118 Å². The lowest BCUT2D eigenvalue weighted by Gasteiger charge is -2.15. The second-order valence-corrected chi connectivity index (χ2v) is 5.46. The van der Waals surface area contributed by atoms with Gasteiger partial charge in [0.15, 0.2) is 0 Å². The molecule has 0 aliphatic carbocycles. The highest BCUT2D eigenvalue weighted by Crippen LogP contribution is 2.18. The molecule has 1 atom stereocenters. The molecule has 0 saturated heterocycles. The van der Waals surface area contributed by atoms with Crippen LogP contribution in [0.15, 0.2) is 24.3 Å². The van der Waals surface area contributed by atoms with Crippen LogP contribution in [0.25, 0.3) is 0 Å². The summed E-state index contributed by atoms with van der Waals surface area (Å²) >= 11 is 0. The van der Waals surface area contributed by atoms with Crippen molar-refractivity contribution in [1.29, 1.82) is 0 Å². The lowest BCUT2D eigenvalue weighted by atomic mass is 9.99. The molecule has 0 saturated carbocycles. The Morgan fingerprint density at radius 1 is 1.00 bits per heavy atom. The molecule has 2 heteroatoms. The minimum Gasteiger partial charge on any atom is -0.381 e. The maximum Gasteiger partial charge on any atom is 0.0478 e. The van der Waals surface area contributed by atoms with E-state index in [-0.39, 0.29) is 0 Å². The second-order valence-electron chi connectivity index (χ2n) is 5.46. The minimum absolute atomic E-state index is 0.410. The molecule has 0 aromatic heterocycles. The Morgan fingerprint density at radius 3 is 2.21 bits per heavy atom. The van der Waals surface area contributed by atoms with E-state index in [1.807, 2.05) is 0 Å². The number of hydrogen-bond donors (Lipinski definition) is 1. The highest BCUT2D eigenvalue weighted by atomic mass is 16.5. The van der Waals surface area contributed by atoms with E-state index < -0.39 is 0 Å². The summed E-state index contributed by atoms with van der Waals surface area (Å²) in [6.45, 7) is 11.6. The SMILES string of the molecule is CCCOCCCNC(C)c1ccc(C(C)C)cc1. The molecule has 1 rings (SSSR count). The number of benzene rings is 1. The molecule has 108 valence electrons. The van der Waals surface area contributed by atoms with Gasteiger partial charge in [0.25, 0.3) is 0 Å². The van der Waals surface area contributed by atoms with Gasteiger partial charge in [-0.25, -0.2) is 0 Å². The first-order valence-corrected chi connectivity index (χ1v) is 7.56. The lowest BCUT2D eigenvalue weighted by Crippen LogP contribution is -2.21. The van der Waals surface area contributed by atoms with Crippen LogP contribution in [0.5, 0.6) is 0 Å². The van der Waals surface area contributed by atoms with Crippen LogP contribution in [0.1, 0.15) is 63.6 Å². The normalized spacial score (nSPS) is 12.9. The largest absolute Gasteiger partial charge is 0.381 e. The van der Waals surface area contributed by atoms with Crippen LogP contribution in [0.3, 0.4) is 0 Å². The molecule has 0 fully saturated rings. The fraction of sp³-hybridized carbons (Fsp3) is 0.647. The molecule has 0 radical (unpaired) electrons. The number of nitrogens with one attached hydrogen (secondary N) is 1. The van der Waals surface area contributed by atoms with E-state index in [1.54, 1.807) is 0 Å². The minimum atomic E-state index is 0.410. The molecule has 0 spiro atoms. The monoisotopic (exact) mass is 263 g/mol. The Balaban J connectivity index is 2.27. The van der Waals surface area contributed by atoms with Crippen LogP contribution in [0.4, 0.5) is 0 Å². The van der Waals surface area contributed by atoms with E-state index in [1.165, 1.54) is 11.1 Å². The fourth-order valence-electron chi connectivity index (χ4n) is 2.03. The molecular formula is C17H29NO. The molecule has 1 aromatic carbocycles. The van der Waals surface area contributed by atoms with Gasteiger partial charge in [0.1, 0.15) is 0 Å². The highest BCUT2D eigenvalue weighted by molar-refractivity contribution is 5.26. The standard InChI is InChI=1S/C17H29NO/c1-5-12-19-13-6-11-18-15(4)17-9-7-16(8-10-17)14(2)3/h7-10,14-15,18H,5-6,11-13H2,1-4H3. The van der Waals surface area contributed by atoms with Crippen molar-refractivity contribution < 1.29 is 4.74 Å². The Bertz CT molecular complexity index is 332. The van der Waals surface area contributed by atoms with Gasteiger partial charge in [0.05, 0.1) is 0 Å². The topological polar surface area (TPSA) is 21.3 Å². The average molecular weight is 263 g/mol. The summed E-state index contributed by atoms with van der Waals surface area (Å²) in [5.41, 5.74) is 2.77. The zero-order valence-electron chi connectivity index (χ0n) is 12.9. The van der Waals surface area contributed by atoms with E-state index >= 15 is 0 Å². The zero-order chi connectivity index (χ0) is 14.1. The van der Waals surface area contributed by atoms with Gasteiger partial charge in [-0.3, -0.25) is 0 Å². The maximum atomic E-state index is 5.47. The number of hydrogen-bond acceptors (Lipinski definition) is 2. The summed E-state index contributed by atoms with van der Waals surface area (Å²) in [4.78, 5) is 0. The van der Waals surface area contributed by atoms with Crippen LogP contribution in [-0.4, -0.2) is 19.8 Å². The fourth-order valence-corrected chi connectivity index (χ4v) is 2.03. The van der Waals surface area contributed by atoms with Gasteiger partial charge in [-0.05, 0) is 43.4 Å². The Kier molecular flexibility index (Phi) is 7.76. The van der Waals surface area contributed by atoms with Crippen molar-refractivity contribution in [3.8, 4) is 0 Å². The Hall–Kier alpha value is -0.860. The summed E-state index contributed by atoms with van der Waals surface area (Å²) in [6, 6.07) is 9.36. The summed E-state index contributed by atoms with van der Waals surface area (Å²) < 4.78 is 5.47. The van der Waals surface area contributed by atoms with Crippen LogP contribution in [0.2, 0.25) is 0 Å². The van der Waals surface area contributed by atoms with Crippen molar-refractivity contribution in [3.05, 3.63) is 35.4 Å². The van der Waals surface area contributed by atoms with Gasteiger partial charge < -0.3 is 10.1 Å².